The van der Waals surface area contributed by atoms with Gasteiger partial charge in [-0.1, -0.05) is 19.4 Å². The monoisotopic (exact) mass is 360 g/mol. The average Bonchev–Trinajstić information content (AvgIpc) is 2.33. The van der Waals surface area contributed by atoms with E-state index in [-0.39, 0.29) is 0 Å². The highest BCUT2D eigenvalue weighted by Gasteiger charge is 2.04. The minimum Gasteiger partial charge on any atom is -0.492 e. The van der Waals surface area contributed by atoms with Gasteiger partial charge in [-0.15, -0.1) is 0 Å². The Labute approximate surface area is 121 Å². The summed E-state index contributed by atoms with van der Waals surface area (Å²) in [6, 6.07) is 5.70. The molecular weight excluding hydrogens is 343 g/mol. The minimum atomic E-state index is -0.901. The molecule has 0 saturated heterocycles. The number of halogens is 1. The summed E-state index contributed by atoms with van der Waals surface area (Å²) in [6.07, 6.45) is 3.75. The summed E-state index contributed by atoms with van der Waals surface area (Å²) >= 11 is 2.21. The average molecular weight is 360 g/mol. The summed E-state index contributed by atoms with van der Waals surface area (Å²) < 4.78 is 6.71. The van der Waals surface area contributed by atoms with Crippen LogP contribution in [0.15, 0.2) is 23.8 Å². The number of unbranched alkanes of at least 4 members (excludes halogenated alkanes) is 1. The van der Waals surface area contributed by atoms with Crippen LogP contribution in [0.2, 0.25) is 0 Å². The zero-order valence-electron chi connectivity index (χ0n) is 10.6. The molecule has 4 heteroatoms. The first-order valence-electron chi connectivity index (χ1n) is 5.88. The van der Waals surface area contributed by atoms with Crippen molar-refractivity contribution in [3.8, 4) is 5.75 Å². The van der Waals surface area contributed by atoms with E-state index in [0.717, 1.165) is 27.7 Å². The Morgan fingerprint density at radius 1 is 1.50 bits per heavy atom. The lowest BCUT2D eigenvalue weighted by Gasteiger charge is -2.08. The Kier molecular flexibility index (Phi) is 6.18. The highest BCUT2D eigenvalue weighted by atomic mass is 127. The van der Waals surface area contributed by atoms with Crippen LogP contribution >= 0.6 is 22.6 Å². The van der Waals surface area contributed by atoms with Crippen molar-refractivity contribution in [1.29, 1.82) is 0 Å². The zero-order chi connectivity index (χ0) is 13.5. The maximum atomic E-state index is 10.8. The Bertz CT molecular complexity index is 452. The lowest BCUT2D eigenvalue weighted by molar-refractivity contribution is -0.132. The zero-order valence-corrected chi connectivity index (χ0v) is 12.7. The van der Waals surface area contributed by atoms with Crippen molar-refractivity contribution in [2.75, 3.05) is 6.61 Å². The normalized spacial score (nSPS) is 11.4. The molecule has 18 heavy (non-hydrogen) atoms. The molecule has 0 amide bonds. The summed E-state index contributed by atoms with van der Waals surface area (Å²) in [5.41, 5.74) is 1.16. The summed E-state index contributed by atoms with van der Waals surface area (Å²) in [6.45, 7) is 4.39. The van der Waals surface area contributed by atoms with E-state index < -0.39 is 5.97 Å². The molecule has 98 valence electrons. The van der Waals surface area contributed by atoms with Crippen molar-refractivity contribution in [2.24, 2.45) is 0 Å². The topological polar surface area (TPSA) is 46.5 Å². The molecule has 0 bridgehead atoms. The van der Waals surface area contributed by atoms with Crippen molar-refractivity contribution in [1.82, 2.24) is 0 Å². The molecule has 1 N–H and O–H groups in total. The molecule has 3 nitrogen and oxygen atoms in total. The van der Waals surface area contributed by atoms with E-state index in [0.29, 0.717) is 12.2 Å². The van der Waals surface area contributed by atoms with Crippen molar-refractivity contribution in [3.05, 3.63) is 32.9 Å². The maximum absolute atomic E-state index is 10.8. The van der Waals surface area contributed by atoms with Crippen molar-refractivity contribution in [2.45, 2.75) is 26.7 Å². The van der Waals surface area contributed by atoms with Crippen LogP contribution in [0.5, 0.6) is 5.75 Å². The van der Waals surface area contributed by atoms with E-state index in [1.165, 1.54) is 0 Å². The molecular formula is C14H17IO3. The predicted octanol–water partition coefficient (Wildman–Crippen LogP) is 3.96. The molecule has 0 aliphatic rings. The number of carbonyl (C=O) groups is 1. The molecule has 0 atom stereocenters. The quantitative estimate of drug-likeness (QED) is 0.475. The smallest absolute Gasteiger partial charge is 0.331 e. The summed E-state index contributed by atoms with van der Waals surface area (Å²) in [5, 5.41) is 8.84. The van der Waals surface area contributed by atoms with Gasteiger partial charge in [0.25, 0.3) is 0 Å². The van der Waals surface area contributed by atoms with Crippen LogP contribution in [0.3, 0.4) is 0 Å². The van der Waals surface area contributed by atoms with Crippen LogP contribution < -0.4 is 4.74 Å². The van der Waals surface area contributed by atoms with Gasteiger partial charge in [0.1, 0.15) is 5.75 Å². The maximum Gasteiger partial charge on any atom is 0.331 e. The van der Waals surface area contributed by atoms with Crippen LogP contribution in [-0.4, -0.2) is 17.7 Å². The summed E-state index contributed by atoms with van der Waals surface area (Å²) in [4.78, 5) is 10.8. The lowest BCUT2D eigenvalue weighted by atomic mass is 10.1. The second-order valence-corrected chi connectivity index (χ2v) is 5.19. The second kappa shape index (κ2) is 7.41. The first-order valence-corrected chi connectivity index (χ1v) is 6.96. The van der Waals surface area contributed by atoms with Gasteiger partial charge in [-0.25, -0.2) is 4.79 Å². The number of benzene rings is 1. The first-order chi connectivity index (χ1) is 8.54. The van der Waals surface area contributed by atoms with Crippen LogP contribution in [-0.2, 0) is 4.79 Å². The number of carboxylic acids is 1. The molecule has 0 spiro atoms. The Morgan fingerprint density at radius 2 is 2.22 bits per heavy atom. The van der Waals surface area contributed by atoms with Crippen LogP contribution in [0.1, 0.15) is 32.3 Å². The number of ether oxygens (including phenoxy) is 1. The molecule has 0 unspecified atom stereocenters. The molecule has 0 aromatic heterocycles. The number of carboxylic acid groups (broad SMARTS) is 1. The summed E-state index contributed by atoms with van der Waals surface area (Å²) in [7, 11) is 0. The van der Waals surface area contributed by atoms with E-state index in [1.807, 2.05) is 18.2 Å². The number of hydrogen-bond donors (Lipinski definition) is 1. The minimum absolute atomic E-state index is 0.315. The fourth-order valence-electron chi connectivity index (χ4n) is 1.36. The first kappa shape index (κ1) is 15.0. The van der Waals surface area contributed by atoms with Gasteiger partial charge in [0.15, 0.2) is 0 Å². The third-order valence-electron chi connectivity index (χ3n) is 2.43. The second-order valence-electron chi connectivity index (χ2n) is 4.02. The van der Waals surface area contributed by atoms with Crippen LogP contribution in [0.25, 0.3) is 6.08 Å². The van der Waals surface area contributed by atoms with Gasteiger partial charge >= 0.3 is 5.97 Å². The van der Waals surface area contributed by atoms with Crippen molar-refractivity contribution in [3.63, 3.8) is 0 Å². The largest absolute Gasteiger partial charge is 0.492 e. The molecule has 0 radical (unpaired) electrons. The van der Waals surface area contributed by atoms with E-state index >= 15 is 0 Å². The van der Waals surface area contributed by atoms with Gasteiger partial charge in [0.05, 0.1) is 10.2 Å². The van der Waals surface area contributed by atoms with Crippen molar-refractivity contribution < 1.29 is 14.6 Å². The molecule has 0 heterocycles. The van der Waals surface area contributed by atoms with Crippen molar-refractivity contribution >= 4 is 34.6 Å². The number of rotatable bonds is 6. The van der Waals surface area contributed by atoms with Crippen LogP contribution in [0, 0.1) is 3.57 Å². The van der Waals surface area contributed by atoms with Crippen LogP contribution in [0.4, 0.5) is 0 Å². The Morgan fingerprint density at radius 3 is 2.83 bits per heavy atom. The molecule has 0 saturated carbocycles. The molecule has 1 aromatic carbocycles. The number of aliphatic carboxylic acids is 1. The van der Waals surface area contributed by atoms with Gasteiger partial charge in [0.2, 0.25) is 0 Å². The highest BCUT2D eigenvalue weighted by molar-refractivity contribution is 14.1. The van der Waals surface area contributed by atoms with Gasteiger partial charge in [-0.2, -0.15) is 0 Å². The van der Waals surface area contributed by atoms with Gasteiger partial charge in [0, 0.05) is 5.57 Å². The molecule has 0 aliphatic carbocycles. The number of hydrogen-bond acceptors (Lipinski definition) is 2. The third kappa shape index (κ3) is 4.68. The van der Waals surface area contributed by atoms with E-state index in [4.69, 9.17) is 9.84 Å². The SMILES string of the molecule is CCCCOc1cc(/C=C(\C)C(=O)O)ccc1I. The summed E-state index contributed by atoms with van der Waals surface area (Å²) in [5.74, 6) is -0.0852. The standard InChI is InChI=1S/C14H17IO3/c1-3-4-7-18-13-9-11(5-6-12(13)15)8-10(2)14(16)17/h5-6,8-9H,3-4,7H2,1-2H3,(H,16,17)/b10-8+. The Hall–Kier alpha value is -1.04. The molecule has 0 aliphatic heterocycles. The van der Waals surface area contributed by atoms with E-state index in [9.17, 15) is 4.79 Å². The molecule has 1 aromatic rings. The van der Waals surface area contributed by atoms with E-state index in [2.05, 4.69) is 29.5 Å². The molecule has 0 fully saturated rings. The van der Waals surface area contributed by atoms with Gasteiger partial charge in [-0.05, 0) is 59.7 Å². The highest BCUT2D eigenvalue weighted by Crippen LogP contribution is 2.24. The van der Waals surface area contributed by atoms with Gasteiger partial charge in [-0.3, -0.25) is 0 Å². The fourth-order valence-corrected chi connectivity index (χ4v) is 1.85. The third-order valence-corrected chi connectivity index (χ3v) is 3.32. The molecule has 1 rings (SSSR count). The fraction of sp³-hybridized carbons (Fsp3) is 0.357. The van der Waals surface area contributed by atoms with Gasteiger partial charge < -0.3 is 9.84 Å². The predicted molar refractivity (Wildman–Crippen MR) is 80.8 cm³/mol. The Balaban J connectivity index is 2.86. The van der Waals surface area contributed by atoms with E-state index in [1.54, 1.807) is 13.0 Å². The lowest BCUT2D eigenvalue weighted by Crippen LogP contribution is -1.99.